The predicted octanol–water partition coefficient (Wildman–Crippen LogP) is 4.89. The molecule has 0 aromatic carbocycles. The van der Waals surface area contributed by atoms with Crippen molar-refractivity contribution in [3.63, 3.8) is 0 Å². The van der Waals surface area contributed by atoms with Gasteiger partial charge in [-0.1, -0.05) is 51.7 Å². The van der Waals surface area contributed by atoms with Gasteiger partial charge in [0.25, 0.3) is 0 Å². The van der Waals surface area contributed by atoms with Gasteiger partial charge in [-0.25, -0.2) is 4.79 Å². The summed E-state index contributed by atoms with van der Waals surface area (Å²) in [4.78, 5) is 35.5. The molecule has 2 atom stereocenters. The number of carboxylic acids is 1. The van der Waals surface area contributed by atoms with Crippen LogP contribution in [0.2, 0.25) is 0 Å². The summed E-state index contributed by atoms with van der Waals surface area (Å²) in [6.45, 7) is 4.26. The van der Waals surface area contributed by atoms with Crippen LogP contribution in [0.5, 0.6) is 0 Å². The van der Waals surface area contributed by atoms with E-state index < -0.39 is 18.1 Å². The van der Waals surface area contributed by atoms with Crippen LogP contribution < -0.4 is 0 Å². The molecule has 0 saturated heterocycles. The maximum Gasteiger partial charge on any atom is 0.362 e. The Kier molecular flexibility index (Phi) is 19.2. The number of aliphatic carboxylic acids is 1. The number of likely N-dealkylation sites (N-methyl/N-ethyl adjacent to an activating group) is 1. The van der Waals surface area contributed by atoms with Gasteiger partial charge in [0.15, 0.2) is 12.1 Å². The molecular formula is C27H50NO7+. The molecule has 0 aliphatic carbocycles. The minimum absolute atomic E-state index is 0.0557. The Hall–Kier alpha value is -1.93. The molecule has 0 radical (unpaired) electrons. The first-order valence-corrected chi connectivity index (χ1v) is 13.2. The minimum atomic E-state index is -0.884. The number of carbonyl (C=O) groups excluding carboxylic acids is 2. The number of rotatable bonds is 22. The van der Waals surface area contributed by atoms with Crippen molar-refractivity contribution in [2.75, 3.05) is 41.0 Å². The molecule has 0 aromatic heterocycles. The lowest BCUT2D eigenvalue weighted by molar-refractivity contribution is -0.887. The van der Waals surface area contributed by atoms with Gasteiger partial charge in [-0.2, -0.15) is 0 Å². The van der Waals surface area contributed by atoms with Crippen molar-refractivity contribution in [1.82, 2.24) is 0 Å². The molecule has 8 heteroatoms. The smallest absolute Gasteiger partial charge is 0.362 e. The number of allylic oxidation sites excluding steroid dienone is 2. The summed E-state index contributed by atoms with van der Waals surface area (Å²) in [6, 6.07) is -0.606. The van der Waals surface area contributed by atoms with Crippen LogP contribution in [0.1, 0.15) is 90.9 Å². The molecule has 0 aliphatic rings. The molecule has 0 aromatic rings. The average Bonchev–Trinajstić information content (AvgIpc) is 2.77. The number of quaternary nitrogens is 1. The van der Waals surface area contributed by atoms with Crippen LogP contribution in [0.3, 0.4) is 0 Å². The standard InChI is InChI=1S/C27H49NO7/c1-6-8-9-10-11-12-13-14-15-16-18-26(30)35-23(22-34-25(29)17-7-2)21-33-20-19-24(27(31)32)28(3,4)5/h9-10,23-24H,6-8,11-22H2,1-5H3/p+1/b10-9-. The van der Waals surface area contributed by atoms with E-state index in [-0.39, 0.29) is 36.2 Å². The minimum Gasteiger partial charge on any atom is -0.477 e. The Morgan fingerprint density at radius 3 is 2.11 bits per heavy atom. The summed E-state index contributed by atoms with van der Waals surface area (Å²) in [7, 11) is 5.46. The van der Waals surface area contributed by atoms with Crippen molar-refractivity contribution in [2.45, 2.75) is 103 Å². The zero-order chi connectivity index (χ0) is 26.5. The second-order valence-electron chi connectivity index (χ2n) is 9.95. The number of unbranched alkanes of at least 4 members (excludes halogenated alkanes) is 6. The van der Waals surface area contributed by atoms with E-state index in [9.17, 15) is 19.5 Å². The largest absolute Gasteiger partial charge is 0.477 e. The zero-order valence-electron chi connectivity index (χ0n) is 22.8. The highest BCUT2D eigenvalue weighted by Gasteiger charge is 2.31. The molecule has 0 saturated carbocycles. The van der Waals surface area contributed by atoms with Crippen molar-refractivity contribution in [3.8, 4) is 0 Å². The Morgan fingerprint density at radius 2 is 1.49 bits per heavy atom. The highest BCUT2D eigenvalue weighted by molar-refractivity contribution is 5.72. The highest BCUT2D eigenvalue weighted by atomic mass is 16.6. The van der Waals surface area contributed by atoms with Gasteiger partial charge in [-0.3, -0.25) is 9.59 Å². The molecule has 0 rings (SSSR count). The number of nitrogens with zero attached hydrogens (tertiary/aromatic N) is 1. The number of hydrogen-bond acceptors (Lipinski definition) is 6. The number of hydrogen-bond donors (Lipinski definition) is 1. The van der Waals surface area contributed by atoms with E-state index in [1.54, 1.807) is 0 Å². The highest BCUT2D eigenvalue weighted by Crippen LogP contribution is 2.11. The third-order valence-electron chi connectivity index (χ3n) is 5.62. The second kappa shape index (κ2) is 20.3. The van der Waals surface area contributed by atoms with Crippen molar-refractivity contribution in [2.24, 2.45) is 0 Å². The first kappa shape index (κ1) is 33.1. The van der Waals surface area contributed by atoms with Crippen molar-refractivity contribution in [3.05, 3.63) is 12.2 Å². The van der Waals surface area contributed by atoms with E-state index in [0.717, 1.165) is 38.5 Å². The maximum atomic E-state index is 12.3. The molecule has 1 N–H and O–H groups in total. The van der Waals surface area contributed by atoms with E-state index in [1.165, 1.54) is 12.8 Å². The van der Waals surface area contributed by atoms with Crippen LogP contribution in [0.15, 0.2) is 12.2 Å². The van der Waals surface area contributed by atoms with E-state index in [2.05, 4.69) is 19.1 Å². The Balaban J connectivity index is 4.38. The van der Waals surface area contributed by atoms with E-state index in [1.807, 2.05) is 28.1 Å². The molecule has 2 unspecified atom stereocenters. The first-order chi connectivity index (χ1) is 16.6. The van der Waals surface area contributed by atoms with Crippen molar-refractivity contribution in [1.29, 1.82) is 0 Å². The van der Waals surface area contributed by atoms with Crippen molar-refractivity contribution >= 4 is 17.9 Å². The van der Waals surface area contributed by atoms with Gasteiger partial charge in [-0.15, -0.1) is 0 Å². The molecule has 0 aliphatic heterocycles. The molecule has 0 amide bonds. The van der Waals surface area contributed by atoms with Crippen LogP contribution in [-0.4, -0.2) is 80.6 Å². The number of carboxylic acid groups (broad SMARTS) is 1. The Bertz CT molecular complexity index is 613. The molecule has 35 heavy (non-hydrogen) atoms. The average molecular weight is 501 g/mol. The topological polar surface area (TPSA) is 99.1 Å². The van der Waals surface area contributed by atoms with Crippen LogP contribution >= 0.6 is 0 Å². The van der Waals surface area contributed by atoms with Gasteiger partial charge in [0, 0.05) is 19.3 Å². The third-order valence-corrected chi connectivity index (χ3v) is 5.62. The van der Waals surface area contributed by atoms with Gasteiger partial charge in [-0.05, 0) is 32.1 Å². The predicted molar refractivity (Wildman–Crippen MR) is 137 cm³/mol. The van der Waals surface area contributed by atoms with Gasteiger partial charge in [0.2, 0.25) is 0 Å². The zero-order valence-corrected chi connectivity index (χ0v) is 22.8. The molecule has 0 heterocycles. The van der Waals surface area contributed by atoms with Crippen LogP contribution in [-0.2, 0) is 28.6 Å². The third kappa shape index (κ3) is 19.0. The van der Waals surface area contributed by atoms with Crippen molar-refractivity contribution < 1.29 is 38.2 Å². The summed E-state index contributed by atoms with van der Waals surface area (Å²) in [5.41, 5.74) is 0. The maximum absolute atomic E-state index is 12.3. The summed E-state index contributed by atoms with van der Waals surface area (Å²) in [5, 5.41) is 9.43. The number of esters is 2. The number of ether oxygens (including phenoxy) is 3. The number of carbonyl (C=O) groups is 3. The second-order valence-corrected chi connectivity index (χ2v) is 9.95. The van der Waals surface area contributed by atoms with Crippen LogP contribution in [0.4, 0.5) is 0 Å². The Labute approximate surface area is 212 Å². The van der Waals surface area contributed by atoms with E-state index in [0.29, 0.717) is 25.7 Å². The molecule has 0 spiro atoms. The van der Waals surface area contributed by atoms with Gasteiger partial charge in [0.1, 0.15) is 6.61 Å². The molecule has 8 nitrogen and oxygen atoms in total. The Morgan fingerprint density at radius 1 is 0.829 bits per heavy atom. The summed E-state index contributed by atoms with van der Waals surface area (Å²) in [6.07, 6.45) is 14.0. The van der Waals surface area contributed by atoms with E-state index >= 15 is 0 Å². The summed E-state index contributed by atoms with van der Waals surface area (Å²) >= 11 is 0. The monoisotopic (exact) mass is 500 g/mol. The lowest BCUT2D eigenvalue weighted by Gasteiger charge is -2.31. The van der Waals surface area contributed by atoms with Gasteiger partial charge in [0.05, 0.1) is 34.4 Å². The normalized spacial score (nSPS) is 13.5. The lowest BCUT2D eigenvalue weighted by Crippen LogP contribution is -2.50. The quantitative estimate of drug-likeness (QED) is 0.0977. The SMILES string of the molecule is CCC/C=C\CCCCCCCC(=O)OC(COCCC(C(=O)O)[N+](C)(C)C)COC(=O)CCC. The molecule has 0 bridgehead atoms. The fourth-order valence-corrected chi connectivity index (χ4v) is 3.54. The first-order valence-electron chi connectivity index (χ1n) is 13.2. The lowest BCUT2D eigenvalue weighted by atomic mass is 10.1. The van der Waals surface area contributed by atoms with Gasteiger partial charge < -0.3 is 23.8 Å². The summed E-state index contributed by atoms with van der Waals surface area (Å²) < 4.78 is 16.6. The molecule has 204 valence electrons. The molecular weight excluding hydrogens is 450 g/mol. The van der Waals surface area contributed by atoms with E-state index in [4.69, 9.17) is 14.2 Å². The fraction of sp³-hybridized carbons (Fsp3) is 0.815. The fourth-order valence-electron chi connectivity index (χ4n) is 3.54. The summed E-state index contributed by atoms with van der Waals surface area (Å²) in [5.74, 6) is -1.55. The van der Waals surface area contributed by atoms with Crippen LogP contribution in [0, 0.1) is 0 Å². The van der Waals surface area contributed by atoms with Crippen LogP contribution in [0.25, 0.3) is 0 Å². The molecule has 0 fully saturated rings. The van der Waals surface area contributed by atoms with Gasteiger partial charge >= 0.3 is 17.9 Å².